The molecule has 1 aromatic heterocycles. The normalized spacial score (nSPS) is 15.8. The molecule has 4 N–H and O–H groups in total. The standard InChI is InChI=1S/C24H24N4O2S/c25-13-18-7-4-8-20-24(18)28-21(14-27-20)23(17-5-2-1-3-6-17)26-10-9-16-11-19(31-15-16)12-22(29)30/h1-8,11,15,21,23,26-28H,9-10,12,14H2,(H,29,30)/t21-,23-/m1/s1. The number of hydrogen-bond acceptors (Lipinski definition) is 6. The Bertz CT molecular complexity index is 1090. The zero-order valence-corrected chi connectivity index (χ0v) is 17.8. The lowest BCUT2D eigenvalue weighted by Crippen LogP contribution is -2.44. The number of hydrogen-bond donors (Lipinski definition) is 4. The van der Waals surface area contributed by atoms with Crippen molar-refractivity contribution in [2.24, 2.45) is 0 Å². The van der Waals surface area contributed by atoms with Gasteiger partial charge in [-0.3, -0.25) is 4.79 Å². The van der Waals surface area contributed by atoms with E-state index in [1.807, 2.05) is 47.8 Å². The fourth-order valence-electron chi connectivity index (χ4n) is 3.93. The molecule has 1 aliphatic heterocycles. The van der Waals surface area contributed by atoms with E-state index < -0.39 is 5.97 Å². The summed E-state index contributed by atoms with van der Waals surface area (Å²) in [5.74, 6) is -0.802. The first-order valence-corrected chi connectivity index (χ1v) is 11.1. The Balaban J connectivity index is 1.48. The van der Waals surface area contributed by atoms with Crippen LogP contribution in [0.15, 0.2) is 60.0 Å². The Morgan fingerprint density at radius 1 is 1.26 bits per heavy atom. The number of fused-ring (bicyclic) bond motifs is 1. The summed E-state index contributed by atoms with van der Waals surface area (Å²) in [6.45, 7) is 1.49. The van der Waals surface area contributed by atoms with Crippen molar-refractivity contribution in [3.8, 4) is 6.07 Å². The fraction of sp³-hybridized carbons (Fsp3) is 0.250. The molecule has 1 aliphatic rings. The minimum Gasteiger partial charge on any atom is -0.481 e. The van der Waals surface area contributed by atoms with Gasteiger partial charge in [0.05, 0.1) is 35.4 Å². The molecule has 31 heavy (non-hydrogen) atoms. The van der Waals surface area contributed by atoms with Gasteiger partial charge in [0.15, 0.2) is 0 Å². The highest BCUT2D eigenvalue weighted by Crippen LogP contribution is 2.33. The predicted molar refractivity (Wildman–Crippen MR) is 124 cm³/mol. The molecule has 4 rings (SSSR count). The molecule has 0 radical (unpaired) electrons. The van der Waals surface area contributed by atoms with Crippen molar-refractivity contribution in [1.29, 1.82) is 5.26 Å². The number of rotatable bonds is 8. The van der Waals surface area contributed by atoms with Crippen LogP contribution < -0.4 is 16.0 Å². The third-order valence-electron chi connectivity index (χ3n) is 5.40. The number of benzene rings is 2. The van der Waals surface area contributed by atoms with Crippen LogP contribution in [0, 0.1) is 11.3 Å². The third kappa shape index (κ3) is 5.05. The van der Waals surface area contributed by atoms with E-state index in [0.29, 0.717) is 5.56 Å². The first-order chi connectivity index (χ1) is 15.1. The fourth-order valence-corrected chi connectivity index (χ4v) is 4.84. The summed E-state index contributed by atoms with van der Waals surface area (Å²) in [6, 6.07) is 20.4. The molecular formula is C24H24N4O2S. The Morgan fingerprint density at radius 3 is 2.87 bits per heavy atom. The van der Waals surface area contributed by atoms with Crippen LogP contribution in [-0.4, -0.2) is 30.2 Å². The van der Waals surface area contributed by atoms with Crippen molar-refractivity contribution in [2.75, 3.05) is 23.7 Å². The highest BCUT2D eigenvalue weighted by atomic mass is 32.1. The van der Waals surface area contributed by atoms with Gasteiger partial charge in [0.25, 0.3) is 0 Å². The van der Waals surface area contributed by atoms with E-state index in [4.69, 9.17) is 5.11 Å². The molecule has 0 saturated heterocycles. The number of nitrogens with zero attached hydrogens (tertiary/aromatic N) is 1. The van der Waals surface area contributed by atoms with Crippen LogP contribution in [0.2, 0.25) is 0 Å². The zero-order valence-electron chi connectivity index (χ0n) is 17.0. The number of anilines is 2. The first kappa shape index (κ1) is 20.9. The van der Waals surface area contributed by atoms with Crippen LogP contribution in [-0.2, 0) is 17.6 Å². The molecule has 2 atom stereocenters. The molecule has 2 heterocycles. The number of carboxylic acid groups (broad SMARTS) is 1. The second-order valence-corrected chi connectivity index (χ2v) is 8.55. The van der Waals surface area contributed by atoms with Gasteiger partial charge in [-0.1, -0.05) is 36.4 Å². The maximum atomic E-state index is 10.9. The van der Waals surface area contributed by atoms with Gasteiger partial charge in [0.1, 0.15) is 6.07 Å². The van der Waals surface area contributed by atoms with E-state index in [0.717, 1.165) is 41.3 Å². The van der Waals surface area contributed by atoms with Gasteiger partial charge < -0.3 is 21.1 Å². The summed E-state index contributed by atoms with van der Waals surface area (Å²) in [5, 5.41) is 31.2. The van der Waals surface area contributed by atoms with Crippen LogP contribution in [0.1, 0.15) is 27.6 Å². The van der Waals surface area contributed by atoms with Gasteiger partial charge in [0.2, 0.25) is 0 Å². The molecular weight excluding hydrogens is 408 g/mol. The average Bonchev–Trinajstić information content (AvgIpc) is 3.23. The van der Waals surface area contributed by atoms with E-state index in [2.05, 4.69) is 34.2 Å². The lowest BCUT2D eigenvalue weighted by Gasteiger charge is -2.35. The third-order valence-corrected chi connectivity index (χ3v) is 6.39. The van der Waals surface area contributed by atoms with Crippen molar-refractivity contribution >= 4 is 28.7 Å². The first-order valence-electron chi connectivity index (χ1n) is 10.2. The monoisotopic (exact) mass is 432 g/mol. The Morgan fingerprint density at radius 2 is 2.10 bits per heavy atom. The van der Waals surface area contributed by atoms with Crippen LogP contribution >= 0.6 is 11.3 Å². The van der Waals surface area contributed by atoms with Gasteiger partial charge in [-0.2, -0.15) is 5.26 Å². The van der Waals surface area contributed by atoms with Crippen LogP contribution in [0.4, 0.5) is 11.4 Å². The van der Waals surface area contributed by atoms with E-state index in [-0.39, 0.29) is 18.5 Å². The molecule has 0 unspecified atom stereocenters. The predicted octanol–water partition coefficient (Wildman–Crippen LogP) is 4.03. The molecule has 2 aromatic carbocycles. The summed E-state index contributed by atoms with van der Waals surface area (Å²) in [4.78, 5) is 11.8. The van der Waals surface area contributed by atoms with Crippen LogP contribution in [0.25, 0.3) is 0 Å². The van der Waals surface area contributed by atoms with Crippen molar-refractivity contribution in [2.45, 2.75) is 24.9 Å². The van der Waals surface area contributed by atoms with Gasteiger partial charge in [-0.25, -0.2) is 0 Å². The van der Waals surface area contributed by atoms with Crippen molar-refractivity contribution < 1.29 is 9.90 Å². The smallest absolute Gasteiger partial charge is 0.308 e. The molecule has 158 valence electrons. The van der Waals surface area contributed by atoms with E-state index in [1.54, 1.807) is 0 Å². The van der Waals surface area contributed by atoms with Crippen molar-refractivity contribution in [1.82, 2.24) is 5.32 Å². The molecule has 3 aromatic rings. The lowest BCUT2D eigenvalue weighted by molar-refractivity contribution is -0.136. The molecule has 0 saturated carbocycles. The highest BCUT2D eigenvalue weighted by Gasteiger charge is 2.27. The van der Waals surface area contributed by atoms with E-state index in [1.165, 1.54) is 16.9 Å². The largest absolute Gasteiger partial charge is 0.481 e. The van der Waals surface area contributed by atoms with Gasteiger partial charge >= 0.3 is 5.97 Å². The summed E-state index contributed by atoms with van der Waals surface area (Å²) >= 11 is 1.50. The van der Waals surface area contributed by atoms with Crippen molar-refractivity contribution in [3.63, 3.8) is 0 Å². The number of carboxylic acids is 1. The SMILES string of the molecule is N#Cc1cccc2c1N[C@@H]([C@H](NCCc1csc(CC(=O)O)c1)c1ccccc1)CN2. The molecule has 0 amide bonds. The second-order valence-electron chi connectivity index (χ2n) is 7.56. The minimum absolute atomic E-state index is 0.0470. The Kier molecular flexibility index (Phi) is 6.51. The van der Waals surface area contributed by atoms with Gasteiger partial charge in [0, 0.05) is 11.4 Å². The number of thiophene rings is 1. The maximum Gasteiger partial charge on any atom is 0.308 e. The minimum atomic E-state index is -0.802. The van der Waals surface area contributed by atoms with Crippen LogP contribution in [0.3, 0.4) is 0 Å². The highest BCUT2D eigenvalue weighted by molar-refractivity contribution is 7.10. The average molecular weight is 433 g/mol. The van der Waals surface area contributed by atoms with Gasteiger partial charge in [-0.05, 0) is 47.7 Å². The van der Waals surface area contributed by atoms with E-state index in [9.17, 15) is 10.1 Å². The number of nitriles is 1. The number of carbonyl (C=O) groups is 1. The number of nitrogens with one attached hydrogen (secondary N) is 3. The summed E-state index contributed by atoms with van der Waals surface area (Å²) < 4.78 is 0. The quantitative estimate of drug-likeness (QED) is 0.429. The summed E-state index contributed by atoms with van der Waals surface area (Å²) in [7, 11) is 0. The van der Waals surface area contributed by atoms with Gasteiger partial charge in [-0.15, -0.1) is 11.3 Å². The molecule has 0 spiro atoms. The Labute approximate surface area is 185 Å². The van der Waals surface area contributed by atoms with Crippen LogP contribution in [0.5, 0.6) is 0 Å². The molecule has 0 bridgehead atoms. The lowest BCUT2D eigenvalue weighted by atomic mass is 9.96. The number of aliphatic carboxylic acids is 1. The summed E-state index contributed by atoms with van der Waals surface area (Å²) in [6.07, 6.45) is 0.892. The molecule has 7 heteroatoms. The number of para-hydroxylation sites is 1. The second kappa shape index (κ2) is 9.65. The molecule has 6 nitrogen and oxygen atoms in total. The van der Waals surface area contributed by atoms with E-state index >= 15 is 0 Å². The molecule has 0 fully saturated rings. The topological polar surface area (TPSA) is 97.2 Å². The van der Waals surface area contributed by atoms with Crippen molar-refractivity contribution in [3.05, 3.63) is 81.5 Å². The molecule has 0 aliphatic carbocycles. The maximum absolute atomic E-state index is 10.9. The summed E-state index contributed by atoms with van der Waals surface area (Å²) in [5.41, 5.74) is 4.75. The Hall–Kier alpha value is -3.34. The zero-order chi connectivity index (χ0) is 21.6.